The van der Waals surface area contributed by atoms with Crippen LogP contribution in [-0.4, -0.2) is 22.4 Å². The molecule has 0 saturated heterocycles. The molecule has 1 atom stereocenters. The van der Waals surface area contributed by atoms with Crippen LogP contribution >= 0.6 is 11.6 Å². The lowest BCUT2D eigenvalue weighted by atomic mass is 9.83. The first-order chi connectivity index (χ1) is 13.4. The zero-order valence-corrected chi connectivity index (χ0v) is 16.4. The molecule has 144 valence electrons. The van der Waals surface area contributed by atoms with Crippen LogP contribution in [0.1, 0.15) is 31.0 Å². The maximum absolute atomic E-state index is 12.7. The summed E-state index contributed by atoms with van der Waals surface area (Å²) in [6.07, 6.45) is 0. The van der Waals surface area contributed by atoms with Crippen LogP contribution in [0.3, 0.4) is 0 Å². The predicted molar refractivity (Wildman–Crippen MR) is 103 cm³/mol. The minimum Gasteiger partial charge on any atom is -0.463 e. The largest absolute Gasteiger partial charge is 0.463 e. The number of aryl methyl sites for hydroxylation is 1. The fraction of sp³-hybridized carbons (Fsp3) is 0.250. The van der Waals surface area contributed by atoms with Gasteiger partial charge >= 0.3 is 5.97 Å². The highest BCUT2D eigenvalue weighted by molar-refractivity contribution is 6.31. The molecule has 28 heavy (non-hydrogen) atoms. The van der Waals surface area contributed by atoms with E-state index in [1.807, 2.05) is 36.4 Å². The van der Waals surface area contributed by atoms with E-state index >= 15 is 0 Å². The minimum absolute atomic E-state index is 0.0685. The summed E-state index contributed by atoms with van der Waals surface area (Å²) in [6.45, 7) is 5.25. The Morgan fingerprint density at radius 1 is 1.39 bits per heavy atom. The van der Waals surface area contributed by atoms with E-state index in [1.165, 1.54) is 0 Å². The van der Waals surface area contributed by atoms with Crippen LogP contribution in [0.4, 0.5) is 0 Å². The molecule has 0 unspecified atom stereocenters. The molecule has 1 aromatic carbocycles. The Bertz CT molecular complexity index is 1030. The second kappa shape index (κ2) is 7.79. The molecule has 2 heterocycles. The smallest absolute Gasteiger partial charge is 0.338 e. The number of carbonyl (C=O) groups excluding carboxylic acids is 1. The van der Waals surface area contributed by atoms with Crippen molar-refractivity contribution in [2.75, 3.05) is 6.61 Å². The fourth-order valence-electron chi connectivity index (χ4n) is 3.22. The summed E-state index contributed by atoms with van der Waals surface area (Å²) in [6, 6.07) is 11.4. The summed E-state index contributed by atoms with van der Waals surface area (Å²) in [7, 11) is 0. The second-order valence-corrected chi connectivity index (χ2v) is 6.51. The van der Waals surface area contributed by atoms with Gasteiger partial charge in [-0.15, -0.1) is 0 Å². The number of nitriles is 1. The molecule has 2 aromatic rings. The van der Waals surface area contributed by atoms with Crippen molar-refractivity contribution in [3.8, 4) is 11.8 Å². The van der Waals surface area contributed by atoms with Gasteiger partial charge in [-0.2, -0.15) is 10.4 Å². The van der Waals surface area contributed by atoms with Gasteiger partial charge in [0.15, 0.2) is 0 Å². The van der Waals surface area contributed by atoms with Crippen LogP contribution in [0.25, 0.3) is 5.69 Å². The Labute approximate surface area is 167 Å². The summed E-state index contributed by atoms with van der Waals surface area (Å²) >= 11 is 6.67. The highest BCUT2D eigenvalue weighted by Crippen LogP contribution is 2.43. The first-order valence-corrected chi connectivity index (χ1v) is 9.04. The van der Waals surface area contributed by atoms with E-state index < -0.39 is 11.9 Å². The van der Waals surface area contributed by atoms with Gasteiger partial charge in [-0.3, -0.25) is 0 Å². The van der Waals surface area contributed by atoms with Crippen molar-refractivity contribution in [1.29, 1.82) is 5.26 Å². The zero-order chi connectivity index (χ0) is 20.4. The van der Waals surface area contributed by atoms with Gasteiger partial charge in [-0.1, -0.05) is 29.8 Å². The standard InChI is InChI=1S/C20H19ClN4O3/c1-4-27-20(26)16-12(3)28-19(23)14(10-22)17(16)15-11(2)24-25(18(15)21)13-8-6-5-7-9-13/h5-9,17H,4,23H2,1-3H3/t17-/m0/s1. The molecule has 2 N–H and O–H groups in total. The number of carbonyl (C=O) groups is 1. The molecule has 7 nitrogen and oxygen atoms in total. The third kappa shape index (κ3) is 3.23. The Morgan fingerprint density at radius 2 is 2.07 bits per heavy atom. The highest BCUT2D eigenvalue weighted by atomic mass is 35.5. The van der Waals surface area contributed by atoms with Crippen LogP contribution in [0.5, 0.6) is 0 Å². The van der Waals surface area contributed by atoms with Gasteiger partial charge in [-0.25, -0.2) is 9.48 Å². The number of rotatable bonds is 4. The summed E-state index contributed by atoms with van der Waals surface area (Å²) < 4.78 is 12.2. The minimum atomic E-state index is -0.831. The lowest BCUT2D eigenvalue weighted by Gasteiger charge is -2.26. The number of benzene rings is 1. The van der Waals surface area contributed by atoms with Gasteiger partial charge < -0.3 is 15.2 Å². The van der Waals surface area contributed by atoms with Crippen molar-refractivity contribution < 1.29 is 14.3 Å². The van der Waals surface area contributed by atoms with Crippen molar-refractivity contribution in [3.63, 3.8) is 0 Å². The van der Waals surface area contributed by atoms with Crippen LogP contribution in [0, 0.1) is 18.3 Å². The van der Waals surface area contributed by atoms with Gasteiger partial charge in [0, 0.05) is 5.56 Å². The Balaban J connectivity index is 2.24. The Hall–Kier alpha value is -3.24. The van der Waals surface area contributed by atoms with Crippen LogP contribution in [0.2, 0.25) is 5.15 Å². The molecule has 1 aromatic heterocycles. The summed E-state index contributed by atoms with van der Waals surface area (Å²) in [5.41, 5.74) is 8.04. The fourth-order valence-corrected chi connectivity index (χ4v) is 3.60. The molecular formula is C20H19ClN4O3. The number of ether oxygens (including phenoxy) is 2. The van der Waals surface area contributed by atoms with E-state index in [4.69, 9.17) is 26.8 Å². The van der Waals surface area contributed by atoms with Gasteiger partial charge in [0.1, 0.15) is 22.6 Å². The second-order valence-electron chi connectivity index (χ2n) is 6.15. The molecule has 0 amide bonds. The van der Waals surface area contributed by atoms with Gasteiger partial charge in [-0.05, 0) is 32.9 Å². The van der Waals surface area contributed by atoms with Crippen molar-refractivity contribution >= 4 is 17.6 Å². The van der Waals surface area contributed by atoms with Crippen molar-refractivity contribution in [2.45, 2.75) is 26.7 Å². The topological polar surface area (TPSA) is 103 Å². The monoisotopic (exact) mass is 398 g/mol. The molecular weight excluding hydrogens is 380 g/mol. The number of halogens is 1. The summed E-state index contributed by atoms with van der Waals surface area (Å²) in [5, 5.41) is 14.5. The first-order valence-electron chi connectivity index (χ1n) is 8.66. The van der Waals surface area contributed by atoms with Gasteiger partial charge in [0.05, 0.1) is 29.5 Å². The maximum Gasteiger partial charge on any atom is 0.338 e. The average molecular weight is 399 g/mol. The van der Waals surface area contributed by atoms with E-state index in [2.05, 4.69) is 5.10 Å². The molecule has 0 spiro atoms. The average Bonchev–Trinajstić information content (AvgIpc) is 2.96. The van der Waals surface area contributed by atoms with Gasteiger partial charge in [0.2, 0.25) is 5.88 Å². The number of para-hydroxylation sites is 1. The van der Waals surface area contributed by atoms with E-state index in [0.29, 0.717) is 11.3 Å². The molecule has 0 bridgehead atoms. The molecule has 3 rings (SSSR count). The number of hydrogen-bond acceptors (Lipinski definition) is 6. The normalized spacial score (nSPS) is 16.6. The van der Waals surface area contributed by atoms with Gasteiger partial charge in [0.25, 0.3) is 0 Å². The molecule has 1 aliphatic rings. The quantitative estimate of drug-likeness (QED) is 0.791. The Morgan fingerprint density at radius 3 is 2.68 bits per heavy atom. The third-order valence-electron chi connectivity index (χ3n) is 4.44. The number of nitrogens with zero attached hydrogens (tertiary/aromatic N) is 3. The molecule has 8 heteroatoms. The highest BCUT2D eigenvalue weighted by Gasteiger charge is 2.39. The van der Waals surface area contributed by atoms with Crippen LogP contribution < -0.4 is 5.73 Å². The zero-order valence-electron chi connectivity index (χ0n) is 15.7. The summed E-state index contributed by atoms with van der Waals surface area (Å²) in [5.74, 6) is -1.22. The van der Waals surface area contributed by atoms with E-state index in [1.54, 1.807) is 25.5 Å². The van der Waals surface area contributed by atoms with E-state index in [9.17, 15) is 10.1 Å². The molecule has 0 fully saturated rings. The molecule has 0 radical (unpaired) electrons. The number of nitrogens with two attached hydrogens (primary N) is 1. The first kappa shape index (κ1) is 19.5. The van der Waals surface area contributed by atoms with E-state index in [0.717, 1.165) is 5.69 Å². The lowest BCUT2D eigenvalue weighted by molar-refractivity contribution is -0.139. The van der Waals surface area contributed by atoms with Crippen molar-refractivity contribution in [2.24, 2.45) is 5.73 Å². The number of esters is 1. The van der Waals surface area contributed by atoms with Crippen molar-refractivity contribution in [3.05, 3.63) is 69.5 Å². The van der Waals surface area contributed by atoms with E-state index in [-0.39, 0.29) is 34.5 Å². The third-order valence-corrected chi connectivity index (χ3v) is 4.80. The molecule has 1 aliphatic heterocycles. The number of aromatic nitrogens is 2. The number of allylic oxidation sites excluding steroid dienone is 2. The lowest BCUT2D eigenvalue weighted by Crippen LogP contribution is -2.26. The van der Waals surface area contributed by atoms with Crippen LogP contribution in [0.15, 0.2) is 53.1 Å². The number of hydrogen-bond donors (Lipinski definition) is 1. The Kier molecular flexibility index (Phi) is 5.43. The molecule has 0 aliphatic carbocycles. The van der Waals surface area contributed by atoms with Crippen LogP contribution in [-0.2, 0) is 14.3 Å². The SMILES string of the molecule is CCOC(=O)C1=C(C)OC(N)=C(C#N)[C@H]1c1c(C)nn(-c2ccccc2)c1Cl. The van der Waals surface area contributed by atoms with Crippen molar-refractivity contribution in [1.82, 2.24) is 9.78 Å². The summed E-state index contributed by atoms with van der Waals surface area (Å²) in [4.78, 5) is 12.7. The maximum atomic E-state index is 12.7. The molecule has 0 saturated carbocycles. The predicted octanol–water partition coefficient (Wildman–Crippen LogP) is 3.48.